The average molecular weight is 582 g/mol. The van der Waals surface area contributed by atoms with Gasteiger partial charge in [0, 0.05) is 36.1 Å². The molecule has 2 fully saturated rings. The van der Waals surface area contributed by atoms with Gasteiger partial charge in [-0.3, -0.25) is 9.69 Å². The standard InChI is InChI=1S/C20H24FN5O2S.C6H12O3S/c1-10-8-28-9-11(2)26(10)7-13-5-15-16(19(27)25(13)4)12(3)18(29-15)17-14(21)6-23-20(22)24-17;7-5-1-2-6(9-10)4-8-3-5/h5-6,10-11H,7-9H2,1-4H3,(H2,22,23,24);5-7,10H,1-4H2/t10-,11?;5?,6-/m00/s1. The fraction of sp³-hybridized carbons (Fsp3) is 0.577. The molecule has 0 saturated carbocycles. The van der Waals surface area contributed by atoms with Gasteiger partial charge in [-0.1, -0.05) is 0 Å². The number of morpholine rings is 1. The van der Waals surface area contributed by atoms with Crippen molar-refractivity contribution >= 4 is 40.3 Å². The van der Waals surface area contributed by atoms with Gasteiger partial charge < -0.3 is 29.1 Å². The number of halogens is 1. The van der Waals surface area contributed by atoms with Crippen LogP contribution >= 0.6 is 24.2 Å². The first kappa shape index (κ1) is 29.8. The number of aliphatic hydroxyl groups excluding tert-OH is 1. The van der Waals surface area contributed by atoms with Gasteiger partial charge in [0.1, 0.15) is 5.69 Å². The molecule has 0 aromatic carbocycles. The largest absolute Gasteiger partial charge is 0.391 e. The topological polar surface area (TPSA) is 125 Å². The molecule has 13 heteroatoms. The first-order valence-electron chi connectivity index (χ1n) is 12.9. The Morgan fingerprint density at radius 3 is 2.62 bits per heavy atom. The van der Waals surface area contributed by atoms with Crippen LogP contribution in [0.5, 0.6) is 0 Å². The van der Waals surface area contributed by atoms with Gasteiger partial charge in [-0.2, -0.15) is 0 Å². The van der Waals surface area contributed by atoms with E-state index in [-0.39, 0.29) is 41.5 Å². The second-order valence-corrected chi connectivity index (χ2v) is 11.4. The molecule has 2 unspecified atom stereocenters. The van der Waals surface area contributed by atoms with E-state index in [2.05, 4.69) is 41.6 Å². The molecular weight excluding hydrogens is 545 g/mol. The molecule has 4 atom stereocenters. The van der Waals surface area contributed by atoms with Crippen LogP contribution in [0.2, 0.25) is 0 Å². The van der Waals surface area contributed by atoms with Crippen molar-refractivity contribution in [2.75, 3.05) is 32.2 Å². The summed E-state index contributed by atoms with van der Waals surface area (Å²) in [6.45, 7) is 9.04. The van der Waals surface area contributed by atoms with Gasteiger partial charge in [0.2, 0.25) is 5.95 Å². The number of nitrogen functional groups attached to an aromatic ring is 1. The summed E-state index contributed by atoms with van der Waals surface area (Å²) in [6.07, 6.45) is 2.34. The second kappa shape index (κ2) is 13.0. The van der Waals surface area contributed by atoms with E-state index in [9.17, 15) is 9.18 Å². The molecule has 0 bridgehead atoms. The Balaban J connectivity index is 0.000000298. The molecule has 214 valence electrons. The average Bonchev–Trinajstić information content (AvgIpc) is 3.08. The van der Waals surface area contributed by atoms with E-state index in [0.29, 0.717) is 48.8 Å². The molecule has 2 aliphatic heterocycles. The molecule has 3 N–H and O–H groups in total. The highest BCUT2D eigenvalue weighted by molar-refractivity contribution is 7.75. The van der Waals surface area contributed by atoms with Crippen LogP contribution in [0, 0.1) is 12.7 Å². The number of hydrogen-bond acceptors (Lipinski definition) is 11. The maximum atomic E-state index is 14.3. The number of hydrogen-bond donors (Lipinski definition) is 3. The van der Waals surface area contributed by atoms with Crippen molar-refractivity contribution in [3.63, 3.8) is 0 Å². The second-order valence-electron chi connectivity index (χ2n) is 10.1. The van der Waals surface area contributed by atoms with Crippen molar-refractivity contribution in [1.29, 1.82) is 0 Å². The van der Waals surface area contributed by atoms with Gasteiger partial charge in [-0.25, -0.2) is 14.4 Å². The highest BCUT2D eigenvalue weighted by Gasteiger charge is 2.27. The number of pyridine rings is 1. The third kappa shape index (κ3) is 6.79. The van der Waals surface area contributed by atoms with Crippen LogP contribution in [0.15, 0.2) is 17.1 Å². The van der Waals surface area contributed by atoms with Crippen molar-refractivity contribution in [2.24, 2.45) is 7.05 Å². The predicted octanol–water partition coefficient (Wildman–Crippen LogP) is 3.08. The molecule has 0 spiro atoms. The van der Waals surface area contributed by atoms with Gasteiger partial charge in [-0.05, 0) is 58.2 Å². The summed E-state index contributed by atoms with van der Waals surface area (Å²) in [4.78, 5) is 23.8. The van der Waals surface area contributed by atoms with Crippen molar-refractivity contribution in [2.45, 2.75) is 64.4 Å². The number of aromatic nitrogens is 3. The summed E-state index contributed by atoms with van der Waals surface area (Å²) in [5.41, 5.74) is 7.32. The Bertz CT molecular complexity index is 1340. The third-order valence-corrected chi connectivity index (χ3v) is 8.72. The van der Waals surface area contributed by atoms with E-state index in [0.717, 1.165) is 29.4 Å². The Morgan fingerprint density at radius 2 is 1.92 bits per heavy atom. The van der Waals surface area contributed by atoms with Crippen LogP contribution < -0.4 is 11.3 Å². The molecule has 39 heavy (non-hydrogen) atoms. The number of thiol groups is 1. The number of rotatable bonds is 4. The maximum absolute atomic E-state index is 14.3. The Morgan fingerprint density at radius 1 is 1.23 bits per heavy atom. The Labute approximate surface area is 236 Å². The summed E-state index contributed by atoms with van der Waals surface area (Å²) in [5, 5.41) is 9.69. The fourth-order valence-electron chi connectivity index (χ4n) is 4.86. The molecule has 5 rings (SSSR count). The molecular formula is C26H36FN5O5S2. The van der Waals surface area contributed by atoms with Crippen molar-refractivity contribution in [3.05, 3.63) is 39.7 Å². The van der Waals surface area contributed by atoms with Crippen LogP contribution in [0.4, 0.5) is 10.3 Å². The van der Waals surface area contributed by atoms with Gasteiger partial charge in [0.25, 0.3) is 5.56 Å². The van der Waals surface area contributed by atoms with Crippen molar-refractivity contribution < 1.29 is 23.2 Å². The van der Waals surface area contributed by atoms with Gasteiger partial charge >= 0.3 is 0 Å². The lowest BCUT2D eigenvalue weighted by atomic mass is 10.1. The smallest absolute Gasteiger partial charge is 0.259 e. The third-order valence-electron chi connectivity index (χ3n) is 7.18. The molecule has 10 nitrogen and oxygen atoms in total. The number of fused-ring (bicyclic) bond motifs is 1. The lowest BCUT2D eigenvalue weighted by Crippen LogP contribution is -2.49. The van der Waals surface area contributed by atoms with Crippen molar-refractivity contribution in [3.8, 4) is 10.6 Å². The van der Waals surface area contributed by atoms with Crippen molar-refractivity contribution in [1.82, 2.24) is 19.4 Å². The molecule has 2 aliphatic rings. The van der Waals surface area contributed by atoms with E-state index >= 15 is 0 Å². The number of aryl methyl sites for hydroxylation is 1. The van der Waals surface area contributed by atoms with Gasteiger partial charge in [0.05, 0.1) is 55.1 Å². The lowest BCUT2D eigenvalue weighted by molar-refractivity contribution is -0.0418. The first-order valence-corrected chi connectivity index (χ1v) is 14.1. The molecule has 0 aliphatic carbocycles. The highest BCUT2D eigenvalue weighted by atomic mass is 32.1. The maximum Gasteiger partial charge on any atom is 0.259 e. The number of nitrogens with two attached hydrogens (primary N) is 1. The zero-order valence-electron chi connectivity index (χ0n) is 22.6. The van der Waals surface area contributed by atoms with Crippen LogP contribution in [-0.4, -0.2) is 75.3 Å². The molecule has 2 saturated heterocycles. The summed E-state index contributed by atoms with van der Waals surface area (Å²) in [7, 11) is 1.78. The quantitative estimate of drug-likeness (QED) is 0.315. The normalized spacial score (nSPS) is 24.3. The summed E-state index contributed by atoms with van der Waals surface area (Å²) >= 11 is 5.04. The van der Waals surface area contributed by atoms with E-state index in [1.54, 1.807) is 11.6 Å². The van der Waals surface area contributed by atoms with Crippen LogP contribution in [0.1, 0.15) is 37.9 Å². The van der Waals surface area contributed by atoms with Crippen LogP contribution in [0.25, 0.3) is 20.7 Å². The van der Waals surface area contributed by atoms with Crippen LogP contribution in [-0.2, 0) is 27.2 Å². The minimum absolute atomic E-state index is 0.00198. The number of anilines is 1. The molecule has 5 heterocycles. The predicted molar refractivity (Wildman–Crippen MR) is 152 cm³/mol. The highest BCUT2D eigenvalue weighted by Crippen LogP contribution is 2.37. The van der Waals surface area contributed by atoms with E-state index in [1.807, 2.05) is 13.0 Å². The molecule has 0 radical (unpaired) electrons. The zero-order chi connectivity index (χ0) is 28.3. The number of aliphatic hydroxyl groups is 1. The Hall–Kier alpha value is -2.13. The molecule has 3 aromatic heterocycles. The lowest BCUT2D eigenvalue weighted by Gasteiger charge is -2.38. The number of nitrogens with zero attached hydrogens (tertiary/aromatic N) is 4. The Kier molecular flexibility index (Phi) is 9.97. The first-order chi connectivity index (χ1) is 18.6. The minimum Gasteiger partial charge on any atom is -0.391 e. The van der Waals surface area contributed by atoms with Crippen LogP contribution in [0.3, 0.4) is 0 Å². The van der Waals surface area contributed by atoms with E-state index < -0.39 is 5.82 Å². The zero-order valence-corrected chi connectivity index (χ0v) is 24.3. The van der Waals surface area contributed by atoms with Gasteiger partial charge in [0.15, 0.2) is 5.82 Å². The fourth-order valence-corrected chi connectivity index (χ4v) is 6.28. The summed E-state index contributed by atoms with van der Waals surface area (Å²) in [6, 6.07) is 2.56. The molecule has 3 aromatic rings. The number of ether oxygens (including phenoxy) is 2. The monoisotopic (exact) mass is 581 g/mol. The summed E-state index contributed by atoms with van der Waals surface area (Å²) in [5.74, 6) is -0.552. The number of thiophene rings is 1. The SMILES string of the molecule is Cc1c(-c2nc(N)ncc2F)sc2cc(CN3C(C)COC[C@@H]3C)n(C)c(=O)c12.OC1CC[C@H](OS)COC1. The minimum atomic E-state index is -0.554. The van der Waals surface area contributed by atoms with E-state index in [4.69, 9.17) is 24.5 Å². The molecule has 0 amide bonds. The van der Waals surface area contributed by atoms with Gasteiger partial charge in [-0.15, -0.1) is 11.3 Å². The summed E-state index contributed by atoms with van der Waals surface area (Å²) < 4.78 is 32.3. The van der Waals surface area contributed by atoms with E-state index in [1.165, 1.54) is 11.3 Å².